The number of carbonyl (C=O) groups excluding carboxylic acids is 2. The minimum absolute atomic E-state index is 0.00137. The number of nitrogens with one attached hydrogen (secondary N) is 1. The number of carbonyl (C=O) groups is 2. The van der Waals surface area contributed by atoms with Crippen molar-refractivity contribution in [1.82, 2.24) is 5.32 Å². The van der Waals surface area contributed by atoms with Crippen molar-refractivity contribution in [2.45, 2.75) is 11.4 Å². The molecule has 5 nitrogen and oxygen atoms in total. The molecule has 0 unspecified atom stereocenters. The first-order valence-electron chi connectivity index (χ1n) is 7.08. The molecule has 0 fully saturated rings. The highest BCUT2D eigenvalue weighted by Gasteiger charge is 2.16. The summed E-state index contributed by atoms with van der Waals surface area (Å²) in [6.45, 7) is -0.503. The molecule has 0 aliphatic rings. The molecule has 24 heavy (non-hydrogen) atoms. The van der Waals surface area contributed by atoms with Gasteiger partial charge in [0.15, 0.2) is 6.61 Å². The van der Waals surface area contributed by atoms with Crippen LogP contribution in [-0.2, 0) is 26.9 Å². The van der Waals surface area contributed by atoms with E-state index in [9.17, 15) is 18.2 Å². The molecule has 7 heteroatoms. The Kier molecular flexibility index (Phi) is 6.20. The molecular weight excluding hydrogens is 333 g/mol. The molecule has 2 rings (SSSR count). The summed E-state index contributed by atoms with van der Waals surface area (Å²) in [4.78, 5) is 24.1. The molecular formula is C17H16FNO4S. The van der Waals surface area contributed by atoms with Crippen molar-refractivity contribution < 1.29 is 22.9 Å². The molecule has 0 aliphatic heterocycles. The highest BCUT2D eigenvalue weighted by atomic mass is 32.2. The molecule has 2 aromatic carbocycles. The van der Waals surface area contributed by atoms with E-state index < -0.39 is 35.1 Å². The van der Waals surface area contributed by atoms with Gasteiger partial charge in [-0.1, -0.05) is 30.3 Å². The van der Waals surface area contributed by atoms with Gasteiger partial charge in [-0.25, -0.2) is 9.18 Å². The molecule has 0 spiro atoms. The third-order valence-electron chi connectivity index (χ3n) is 3.18. The van der Waals surface area contributed by atoms with Crippen molar-refractivity contribution in [1.29, 1.82) is 0 Å². The lowest BCUT2D eigenvalue weighted by atomic mass is 10.2. The average molecular weight is 349 g/mol. The third-order valence-corrected chi connectivity index (χ3v) is 4.16. The first kappa shape index (κ1) is 17.8. The van der Waals surface area contributed by atoms with Crippen LogP contribution in [0.2, 0.25) is 0 Å². The zero-order chi connectivity index (χ0) is 17.5. The van der Waals surface area contributed by atoms with Crippen molar-refractivity contribution in [3.63, 3.8) is 0 Å². The van der Waals surface area contributed by atoms with Gasteiger partial charge in [0.2, 0.25) is 0 Å². The minimum atomic E-state index is -1.35. The first-order chi connectivity index (χ1) is 11.5. The van der Waals surface area contributed by atoms with E-state index in [1.807, 2.05) is 0 Å². The molecule has 1 N–H and O–H groups in total. The lowest BCUT2D eigenvalue weighted by Crippen LogP contribution is -2.28. The van der Waals surface area contributed by atoms with Gasteiger partial charge in [0, 0.05) is 18.4 Å². The highest BCUT2D eigenvalue weighted by Crippen LogP contribution is 2.13. The fourth-order valence-electron chi connectivity index (χ4n) is 1.98. The Labute approximate surface area is 141 Å². The fraction of sp³-hybridized carbons (Fsp3) is 0.176. The second-order valence-corrected chi connectivity index (χ2v) is 6.24. The van der Waals surface area contributed by atoms with Gasteiger partial charge < -0.3 is 10.1 Å². The lowest BCUT2D eigenvalue weighted by Gasteiger charge is -2.09. The molecule has 1 atom stereocenters. The smallest absolute Gasteiger partial charge is 0.339 e. The molecule has 0 radical (unpaired) electrons. The molecule has 0 heterocycles. The topological polar surface area (TPSA) is 72.5 Å². The number of benzene rings is 2. The van der Waals surface area contributed by atoms with Crippen molar-refractivity contribution in [3.05, 3.63) is 65.5 Å². The lowest BCUT2D eigenvalue weighted by molar-refractivity contribution is -0.124. The Balaban J connectivity index is 1.89. The SMILES string of the molecule is C[S@](=O)c1ccccc1C(=O)OCC(=O)NCc1ccccc1F. The monoisotopic (exact) mass is 349 g/mol. The zero-order valence-electron chi connectivity index (χ0n) is 13.0. The number of esters is 1. The molecule has 0 saturated carbocycles. The van der Waals surface area contributed by atoms with Crippen molar-refractivity contribution in [2.75, 3.05) is 12.9 Å². The summed E-state index contributed by atoms with van der Waals surface area (Å²) in [6.07, 6.45) is 1.45. The highest BCUT2D eigenvalue weighted by molar-refractivity contribution is 7.84. The zero-order valence-corrected chi connectivity index (χ0v) is 13.8. The second-order valence-electron chi connectivity index (χ2n) is 4.89. The Morgan fingerprint density at radius 3 is 2.50 bits per heavy atom. The number of hydrogen-bond donors (Lipinski definition) is 1. The van der Waals surface area contributed by atoms with Crippen molar-refractivity contribution in [3.8, 4) is 0 Å². The van der Waals surface area contributed by atoms with Gasteiger partial charge in [0.05, 0.1) is 21.3 Å². The molecule has 2 aromatic rings. The molecule has 0 bridgehead atoms. The van der Waals surface area contributed by atoms with Gasteiger partial charge in [-0.05, 0) is 18.2 Å². The number of hydrogen-bond acceptors (Lipinski definition) is 4. The summed E-state index contributed by atoms with van der Waals surface area (Å²) in [5, 5.41) is 2.47. The first-order valence-corrected chi connectivity index (χ1v) is 8.64. The maximum absolute atomic E-state index is 13.4. The van der Waals surface area contributed by atoms with Crippen LogP contribution in [0.3, 0.4) is 0 Å². The predicted molar refractivity (Wildman–Crippen MR) is 87.3 cm³/mol. The van der Waals surface area contributed by atoms with Crippen LogP contribution in [0.25, 0.3) is 0 Å². The van der Waals surface area contributed by atoms with E-state index in [-0.39, 0.29) is 12.1 Å². The Morgan fingerprint density at radius 1 is 1.12 bits per heavy atom. The standard InChI is InChI=1S/C17H16FNO4S/c1-24(22)15-9-5-3-7-13(15)17(21)23-11-16(20)19-10-12-6-2-4-8-14(12)18/h2-9H,10-11H2,1H3,(H,19,20)/t24-/m0/s1. The normalized spacial score (nSPS) is 11.6. The Bertz CT molecular complexity index is 779. The van der Waals surface area contributed by atoms with E-state index >= 15 is 0 Å². The third kappa shape index (κ3) is 4.73. The van der Waals surface area contributed by atoms with Gasteiger partial charge in [0.25, 0.3) is 5.91 Å². The average Bonchev–Trinajstić information content (AvgIpc) is 2.59. The van der Waals surface area contributed by atoms with E-state index in [4.69, 9.17) is 4.74 Å². The second kappa shape index (κ2) is 8.35. The van der Waals surface area contributed by atoms with Crippen molar-refractivity contribution in [2.24, 2.45) is 0 Å². The predicted octanol–water partition coefficient (Wildman–Crippen LogP) is 2.04. The van der Waals surface area contributed by atoms with Gasteiger partial charge >= 0.3 is 5.97 Å². The molecule has 0 aliphatic carbocycles. The summed E-state index contributed by atoms with van der Waals surface area (Å²) < 4.78 is 29.9. The van der Waals surface area contributed by atoms with Gasteiger partial charge in [-0.3, -0.25) is 9.00 Å². The van der Waals surface area contributed by atoms with E-state index in [0.29, 0.717) is 10.5 Å². The molecule has 1 amide bonds. The van der Waals surface area contributed by atoms with Crippen LogP contribution < -0.4 is 5.32 Å². The maximum Gasteiger partial charge on any atom is 0.339 e. The van der Waals surface area contributed by atoms with Crippen LogP contribution in [-0.4, -0.2) is 28.9 Å². The number of amides is 1. The summed E-state index contributed by atoms with van der Waals surface area (Å²) >= 11 is 0. The van der Waals surface area contributed by atoms with Crippen LogP contribution >= 0.6 is 0 Å². The number of rotatable bonds is 6. The van der Waals surface area contributed by atoms with E-state index in [1.54, 1.807) is 36.4 Å². The molecule has 126 valence electrons. The van der Waals surface area contributed by atoms with E-state index in [2.05, 4.69) is 5.32 Å². The Hall–Kier alpha value is -2.54. The van der Waals surface area contributed by atoms with Gasteiger partial charge in [-0.2, -0.15) is 0 Å². The Morgan fingerprint density at radius 2 is 1.79 bits per heavy atom. The number of ether oxygens (including phenoxy) is 1. The maximum atomic E-state index is 13.4. The fourth-order valence-corrected chi connectivity index (χ4v) is 2.71. The van der Waals surface area contributed by atoms with E-state index in [0.717, 1.165) is 0 Å². The largest absolute Gasteiger partial charge is 0.452 e. The summed E-state index contributed by atoms with van der Waals surface area (Å²) in [5.41, 5.74) is 0.490. The van der Waals surface area contributed by atoms with Gasteiger partial charge in [0.1, 0.15) is 5.82 Å². The van der Waals surface area contributed by atoms with E-state index in [1.165, 1.54) is 18.4 Å². The molecule has 0 saturated heterocycles. The summed E-state index contributed by atoms with van der Waals surface area (Å²) in [5.74, 6) is -1.71. The van der Waals surface area contributed by atoms with Crippen LogP contribution in [0.5, 0.6) is 0 Å². The van der Waals surface area contributed by atoms with Crippen LogP contribution in [0, 0.1) is 5.82 Å². The minimum Gasteiger partial charge on any atom is -0.452 e. The number of halogens is 1. The molecule has 0 aromatic heterocycles. The van der Waals surface area contributed by atoms with Gasteiger partial charge in [-0.15, -0.1) is 0 Å². The van der Waals surface area contributed by atoms with Crippen LogP contribution in [0.15, 0.2) is 53.4 Å². The summed E-state index contributed by atoms with van der Waals surface area (Å²) in [7, 11) is -1.35. The van der Waals surface area contributed by atoms with Crippen molar-refractivity contribution >= 4 is 22.7 Å². The summed E-state index contributed by atoms with van der Waals surface area (Å²) in [6, 6.07) is 12.4. The quantitative estimate of drug-likeness (QED) is 0.810. The van der Waals surface area contributed by atoms with Crippen LogP contribution in [0.4, 0.5) is 4.39 Å². The van der Waals surface area contributed by atoms with Crippen LogP contribution in [0.1, 0.15) is 15.9 Å².